The van der Waals surface area contributed by atoms with Crippen LogP contribution in [0.2, 0.25) is 5.02 Å². The third-order valence-electron chi connectivity index (χ3n) is 6.26. The number of hydrogen-bond acceptors (Lipinski definition) is 3. The van der Waals surface area contributed by atoms with Crippen molar-refractivity contribution < 1.29 is 14.3 Å². The Morgan fingerprint density at radius 1 is 1.00 bits per heavy atom. The normalized spacial score (nSPS) is 30.9. The molecule has 1 heterocycles. The summed E-state index contributed by atoms with van der Waals surface area (Å²) in [5, 5.41) is 0.645. The lowest BCUT2D eigenvalue weighted by atomic mass is 9.71. The fraction of sp³-hybridized carbons (Fsp3) is 0.273. The first-order chi connectivity index (χ1) is 13.0. The van der Waals surface area contributed by atoms with Gasteiger partial charge in [0.15, 0.2) is 0 Å². The van der Waals surface area contributed by atoms with Crippen molar-refractivity contribution in [1.29, 1.82) is 0 Å². The van der Waals surface area contributed by atoms with E-state index in [1.807, 2.05) is 6.92 Å². The topological polar surface area (TPSA) is 46.6 Å². The zero-order valence-electron chi connectivity index (χ0n) is 14.8. The highest BCUT2D eigenvalue weighted by atomic mass is 35.5. The number of fused-ring (bicyclic) bond motifs is 5. The molecule has 5 heteroatoms. The first kappa shape index (κ1) is 16.6. The molecule has 0 N–H and O–H groups in total. The van der Waals surface area contributed by atoms with Gasteiger partial charge in [-0.15, -0.1) is 0 Å². The maximum atomic E-state index is 13.1. The number of anilines is 1. The molecule has 0 aromatic heterocycles. The van der Waals surface area contributed by atoms with Gasteiger partial charge in [-0.05, 0) is 73.7 Å². The van der Waals surface area contributed by atoms with Crippen LogP contribution in [0.1, 0.15) is 13.3 Å². The lowest BCUT2D eigenvalue weighted by molar-refractivity contribution is -0.127. The monoisotopic (exact) mass is 379 g/mol. The minimum Gasteiger partial charge on any atom is -0.457 e. The highest BCUT2D eigenvalue weighted by Crippen LogP contribution is 2.60. The lowest BCUT2D eigenvalue weighted by Crippen LogP contribution is -2.37. The molecule has 3 aliphatic rings. The van der Waals surface area contributed by atoms with Gasteiger partial charge in [-0.3, -0.25) is 9.59 Å². The van der Waals surface area contributed by atoms with Gasteiger partial charge in [0.05, 0.1) is 17.0 Å². The zero-order chi connectivity index (χ0) is 18.8. The summed E-state index contributed by atoms with van der Waals surface area (Å²) in [7, 11) is 0. The van der Waals surface area contributed by atoms with E-state index in [9.17, 15) is 9.59 Å². The highest BCUT2D eigenvalue weighted by Gasteiger charge is 2.67. The Labute approximate surface area is 162 Å². The average molecular weight is 380 g/mol. The van der Waals surface area contributed by atoms with E-state index in [1.165, 1.54) is 4.90 Å². The molecular weight excluding hydrogens is 362 g/mol. The molecule has 1 saturated heterocycles. The smallest absolute Gasteiger partial charge is 0.241 e. The molecule has 0 spiro atoms. The van der Waals surface area contributed by atoms with Crippen molar-refractivity contribution in [1.82, 2.24) is 0 Å². The molecular formula is C22H18ClNO3. The van der Waals surface area contributed by atoms with E-state index >= 15 is 0 Å². The van der Waals surface area contributed by atoms with Crippen molar-refractivity contribution in [2.24, 2.45) is 23.2 Å². The predicted molar refractivity (Wildman–Crippen MR) is 103 cm³/mol. The number of amides is 2. The Morgan fingerprint density at radius 3 is 2.26 bits per heavy atom. The van der Waals surface area contributed by atoms with Gasteiger partial charge in [0, 0.05) is 5.02 Å². The van der Waals surface area contributed by atoms with E-state index in [2.05, 4.69) is 12.2 Å². The molecule has 1 saturated carbocycles. The number of hydrogen-bond donors (Lipinski definition) is 0. The van der Waals surface area contributed by atoms with Crippen molar-refractivity contribution in [2.45, 2.75) is 13.3 Å². The lowest BCUT2D eigenvalue weighted by Gasteiger charge is -2.28. The van der Waals surface area contributed by atoms with Gasteiger partial charge < -0.3 is 4.74 Å². The number of allylic oxidation sites excluding steroid dienone is 2. The van der Waals surface area contributed by atoms with E-state index in [-0.39, 0.29) is 29.6 Å². The predicted octanol–water partition coefficient (Wildman–Crippen LogP) is 4.83. The van der Waals surface area contributed by atoms with Gasteiger partial charge in [-0.1, -0.05) is 23.8 Å². The maximum absolute atomic E-state index is 13.1. The minimum absolute atomic E-state index is 0.0780. The quantitative estimate of drug-likeness (QED) is 0.566. The molecule has 2 aromatic rings. The summed E-state index contributed by atoms with van der Waals surface area (Å²) in [5.41, 5.74) is -0.00176. The van der Waals surface area contributed by atoms with E-state index < -0.39 is 5.41 Å². The minimum atomic E-state index is -0.602. The van der Waals surface area contributed by atoms with Crippen LogP contribution < -0.4 is 9.64 Å². The maximum Gasteiger partial charge on any atom is 0.241 e. The Kier molecular flexibility index (Phi) is 3.50. The number of carbonyl (C=O) groups excluding carboxylic acids is 2. The third-order valence-corrected chi connectivity index (χ3v) is 6.51. The summed E-state index contributed by atoms with van der Waals surface area (Å²) < 4.78 is 5.79. The highest BCUT2D eigenvalue weighted by molar-refractivity contribution is 6.30. The van der Waals surface area contributed by atoms with Crippen molar-refractivity contribution in [3.8, 4) is 11.5 Å². The van der Waals surface area contributed by atoms with Crippen LogP contribution in [-0.4, -0.2) is 11.8 Å². The second-order valence-corrected chi connectivity index (χ2v) is 8.12. The van der Waals surface area contributed by atoms with Gasteiger partial charge >= 0.3 is 0 Å². The van der Waals surface area contributed by atoms with Crippen LogP contribution in [0.3, 0.4) is 0 Å². The summed E-state index contributed by atoms with van der Waals surface area (Å²) in [5.74, 6) is 1.27. The molecule has 5 rings (SSSR count). The van der Waals surface area contributed by atoms with Crippen molar-refractivity contribution >= 4 is 29.1 Å². The second-order valence-electron chi connectivity index (χ2n) is 7.68. The van der Waals surface area contributed by atoms with Gasteiger partial charge in [0.25, 0.3) is 0 Å². The largest absolute Gasteiger partial charge is 0.457 e. The van der Waals surface area contributed by atoms with Crippen molar-refractivity contribution in [3.63, 3.8) is 0 Å². The number of rotatable bonds is 3. The Morgan fingerprint density at radius 2 is 1.63 bits per heavy atom. The van der Waals surface area contributed by atoms with Gasteiger partial charge in [0.2, 0.25) is 11.8 Å². The van der Waals surface area contributed by atoms with E-state index in [1.54, 1.807) is 48.5 Å². The molecule has 27 heavy (non-hydrogen) atoms. The molecule has 2 bridgehead atoms. The van der Waals surface area contributed by atoms with Gasteiger partial charge in [0.1, 0.15) is 11.5 Å². The Hall–Kier alpha value is -2.59. The number of halogens is 1. The SMILES string of the molecule is C[C@@]12C(=O)N(c3ccc(Oc4ccc(Cl)cc4)cc3)C(=O)[C@H]1[C@@H]1C=C[C@@H]2C1. The van der Waals surface area contributed by atoms with Gasteiger partial charge in [-0.2, -0.15) is 0 Å². The molecule has 1 aliphatic heterocycles. The molecule has 4 nitrogen and oxygen atoms in total. The first-order valence-corrected chi connectivity index (χ1v) is 9.46. The van der Waals surface area contributed by atoms with E-state index in [0.717, 1.165) is 6.42 Å². The van der Waals surface area contributed by atoms with E-state index in [0.29, 0.717) is 22.2 Å². The summed E-state index contributed by atoms with van der Waals surface area (Å²) in [6.45, 7) is 1.95. The third kappa shape index (κ3) is 2.29. The zero-order valence-corrected chi connectivity index (χ0v) is 15.5. The molecule has 0 radical (unpaired) electrons. The number of carbonyl (C=O) groups is 2. The van der Waals surface area contributed by atoms with Crippen LogP contribution in [0.5, 0.6) is 11.5 Å². The molecule has 2 fully saturated rings. The number of benzene rings is 2. The molecule has 2 aliphatic carbocycles. The van der Waals surface area contributed by atoms with Crippen molar-refractivity contribution in [3.05, 3.63) is 65.7 Å². The van der Waals surface area contributed by atoms with Crippen LogP contribution in [-0.2, 0) is 9.59 Å². The van der Waals surface area contributed by atoms with Crippen LogP contribution in [0.4, 0.5) is 5.69 Å². The van der Waals surface area contributed by atoms with Crippen LogP contribution in [0, 0.1) is 23.2 Å². The average Bonchev–Trinajstić information content (AvgIpc) is 3.30. The summed E-state index contributed by atoms with van der Waals surface area (Å²) in [6.07, 6.45) is 5.13. The summed E-state index contributed by atoms with van der Waals surface area (Å²) in [6, 6.07) is 14.2. The van der Waals surface area contributed by atoms with Crippen molar-refractivity contribution in [2.75, 3.05) is 4.90 Å². The number of imide groups is 1. The summed E-state index contributed by atoms with van der Waals surface area (Å²) >= 11 is 5.88. The first-order valence-electron chi connectivity index (χ1n) is 9.08. The standard InChI is InChI=1S/C22H18ClNO3/c1-22-14-3-2-13(12-14)19(22)20(25)24(21(22)26)16-6-10-18(11-7-16)27-17-8-4-15(23)5-9-17/h2-11,13-14,19H,12H2,1H3/t13-,14-,19-,22+/m1/s1. The second kappa shape index (κ2) is 5.70. The molecule has 4 atom stereocenters. The summed E-state index contributed by atoms with van der Waals surface area (Å²) in [4.78, 5) is 27.5. The van der Waals surface area contributed by atoms with Crippen LogP contribution >= 0.6 is 11.6 Å². The Balaban J connectivity index is 1.40. The van der Waals surface area contributed by atoms with Crippen LogP contribution in [0.15, 0.2) is 60.7 Å². The number of nitrogens with zero attached hydrogens (tertiary/aromatic N) is 1. The van der Waals surface area contributed by atoms with E-state index in [4.69, 9.17) is 16.3 Å². The van der Waals surface area contributed by atoms with Crippen LogP contribution in [0.25, 0.3) is 0 Å². The molecule has 0 unspecified atom stereocenters. The van der Waals surface area contributed by atoms with Gasteiger partial charge in [-0.25, -0.2) is 4.90 Å². The molecule has 2 aromatic carbocycles. The number of ether oxygens (including phenoxy) is 1. The molecule has 136 valence electrons. The fourth-order valence-corrected chi connectivity index (χ4v) is 4.98. The Bertz CT molecular complexity index is 966. The molecule has 2 amide bonds. The fourth-order valence-electron chi connectivity index (χ4n) is 4.85.